The lowest BCUT2D eigenvalue weighted by Gasteiger charge is -2.01. The molecule has 2 nitrogen and oxygen atoms in total. The van der Waals surface area contributed by atoms with Crippen LogP contribution in [0, 0.1) is 0 Å². The monoisotopic (exact) mass is 258 g/mol. The van der Waals surface area contributed by atoms with E-state index in [0.29, 0.717) is 13.0 Å². The molecular weight excluding hydrogens is 236 g/mol. The van der Waals surface area contributed by atoms with E-state index in [-0.39, 0.29) is 5.97 Å². The van der Waals surface area contributed by atoms with Gasteiger partial charge in [0, 0.05) is 6.42 Å². The van der Waals surface area contributed by atoms with E-state index in [9.17, 15) is 4.79 Å². The second-order valence-electron chi connectivity index (χ2n) is 4.49. The number of hydrogen-bond donors (Lipinski definition) is 0. The Morgan fingerprint density at radius 3 is 2.58 bits per heavy atom. The van der Waals surface area contributed by atoms with Crippen LogP contribution in [0.25, 0.3) is 6.08 Å². The van der Waals surface area contributed by atoms with Crippen LogP contribution < -0.4 is 0 Å². The number of hydrogen-bond acceptors (Lipinski definition) is 2. The summed E-state index contributed by atoms with van der Waals surface area (Å²) in [4.78, 5) is 11.1. The zero-order valence-electron chi connectivity index (χ0n) is 11.8. The molecule has 0 aliphatic rings. The molecule has 0 heterocycles. The van der Waals surface area contributed by atoms with Crippen molar-refractivity contribution in [3.8, 4) is 0 Å². The normalized spacial score (nSPS) is 9.58. The molecule has 0 spiro atoms. The number of unbranched alkanes of at least 4 members (excludes halogenated alkanes) is 1. The van der Waals surface area contributed by atoms with Gasteiger partial charge in [-0.1, -0.05) is 30.3 Å². The highest BCUT2D eigenvalue weighted by molar-refractivity contribution is 5.69. The van der Waals surface area contributed by atoms with Gasteiger partial charge in [0.1, 0.15) is 0 Å². The van der Waals surface area contributed by atoms with Crippen molar-refractivity contribution in [3.63, 3.8) is 0 Å². The van der Waals surface area contributed by atoms with Crippen molar-refractivity contribution < 1.29 is 9.53 Å². The average Bonchev–Trinajstić information content (AvgIpc) is 2.43. The van der Waals surface area contributed by atoms with Crippen LogP contribution in [0.3, 0.4) is 0 Å². The van der Waals surface area contributed by atoms with Gasteiger partial charge in [-0.2, -0.15) is 0 Å². The first-order valence-electron chi connectivity index (χ1n) is 6.85. The van der Waals surface area contributed by atoms with E-state index >= 15 is 0 Å². The molecule has 1 rings (SSSR count). The standard InChI is InChI=1S/C17H22O2/c1-3-19-17(18)12-8-7-9-15(2)13-14-16-10-5-4-6-11-16/h4-6,10-11,14H,3,7-9,12H2,1-2H3. The summed E-state index contributed by atoms with van der Waals surface area (Å²) in [5, 5.41) is 0. The maximum Gasteiger partial charge on any atom is 0.305 e. The van der Waals surface area contributed by atoms with Gasteiger partial charge in [0.15, 0.2) is 0 Å². The first kappa shape index (κ1) is 15.3. The number of benzene rings is 1. The zero-order chi connectivity index (χ0) is 13.9. The number of ether oxygens (including phenoxy) is 1. The Kier molecular flexibility index (Phi) is 7.38. The fraction of sp³-hybridized carbons (Fsp3) is 0.412. The first-order chi connectivity index (χ1) is 9.22. The summed E-state index contributed by atoms with van der Waals surface area (Å²) in [5.41, 5.74) is 5.66. The Bertz CT molecular complexity index is 440. The summed E-state index contributed by atoms with van der Waals surface area (Å²) >= 11 is 0. The fourth-order valence-electron chi connectivity index (χ4n) is 1.72. The van der Waals surface area contributed by atoms with Gasteiger partial charge in [-0.25, -0.2) is 0 Å². The molecule has 0 N–H and O–H groups in total. The highest BCUT2D eigenvalue weighted by atomic mass is 16.5. The molecule has 1 aromatic carbocycles. The highest BCUT2D eigenvalue weighted by Crippen LogP contribution is 2.09. The fourth-order valence-corrected chi connectivity index (χ4v) is 1.72. The minimum atomic E-state index is -0.0936. The maximum absolute atomic E-state index is 11.1. The van der Waals surface area contributed by atoms with Gasteiger partial charge in [0.2, 0.25) is 0 Å². The molecule has 102 valence electrons. The van der Waals surface area contributed by atoms with Gasteiger partial charge in [0.25, 0.3) is 0 Å². The van der Waals surface area contributed by atoms with Gasteiger partial charge in [-0.3, -0.25) is 4.79 Å². The van der Waals surface area contributed by atoms with Crippen molar-refractivity contribution in [1.82, 2.24) is 0 Å². The summed E-state index contributed by atoms with van der Waals surface area (Å²) in [7, 11) is 0. The third-order valence-electron chi connectivity index (χ3n) is 2.77. The van der Waals surface area contributed by atoms with E-state index in [0.717, 1.165) is 24.8 Å². The minimum Gasteiger partial charge on any atom is -0.466 e. The van der Waals surface area contributed by atoms with E-state index in [4.69, 9.17) is 4.74 Å². The van der Waals surface area contributed by atoms with E-state index in [1.165, 1.54) is 5.57 Å². The Balaban J connectivity index is 2.29. The van der Waals surface area contributed by atoms with E-state index in [2.05, 4.69) is 24.8 Å². The number of allylic oxidation sites excluding steroid dienone is 1. The van der Waals surface area contributed by atoms with Crippen molar-refractivity contribution in [3.05, 3.63) is 47.2 Å². The van der Waals surface area contributed by atoms with Crippen molar-refractivity contribution in [1.29, 1.82) is 0 Å². The SMILES string of the molecule is CCOC(=O)CCCCC(C)=C=Cc1ccccc1. The summed E-state index contributed by atoms with van der Waals surface area (Å²) in [6.45, 7) is 4.38. The molecule has 0 radical (unpaired) electrons. The second-order valence-corrected chi connectivity index (χ2v) is 4.49. The topological polar surface area (TPSA) is 26.3 Å². The molecule has 0 aliphatic heterocycles. The molecule has 19 heavy (non-hydrogen) atoms. The van der Waals surface area contributed by atoms with Gasteiger partial charge < -0.3 is 4.74 Å². The smallest absolute Gasteiger partial charge is 0.305 e. The summed E-state index contributed by atoms with van der Waals surface area (Å²) in [5.74, 6) is -0.0936. The van der Waals surface area contributed by atoms with Crippen LogP contribution >= 0.6 is 0 Å². The molecule has 0 saturated carbocycles. The Labute approximate surface area is 115 Å². The lowest BCUT2D eigenvalue weighted by atomic mass is 10.1. The summed E-state index contributed by atoms with van der Waals surface area (Å²) in [6.07, 6.45) is 5.37. The number of carbonyl (C=O) groups is 1. The molecule has 2 heteroatoms. The Morgan fingerprint density at radius 1 is 1.21 bits per heavy atom. The van der Waals surface area contributed by atoms with Crippen molar-refractivity contribution in [2.24, 2.45) is 0 Å². The van der Waals surface area contributed by atoms with Crippen LogP contribution in [-0.2, 0) is 9.53 Å². The number of rotatable bonds is 7. The Hall–Kier alpha value is -1.79. The highest BCUT2D eigenvalue weighted by Gasteiger charge is 2.00. The largest absolute Gasteiger partial charge is 0.466 e. The molecule has 0 unspecified atom stereocenters. The predicted octanol–water partition coefficient (Wildman–Crippen LogP) is 4.37. The van der Waals surface area contributed by atoms with Gasteiger partial charge in [-0.05, 0) is 50.3 Å². The summed E-state index contributed by atoms with van der Waals surface area (Å²) in [6, 6.07) is 10.1. The maximum atomic E-state index is 11.1. The van der Waals surface area contributed by atoms with Crippen LogP contribution in [0.5, 0.6) is 0 Å². The second kappa shape index (κ2) is 9.18. The number of carbonyl (C=O) groups excluding carboxylic acids is 1. The molecule has 0 aromatic heterocycles. The molecule has 0 bridgehead atoms. The molecule has 1 aromatic rings. The van der Waals surface area contributed by atoms with Crippen LogP contribution in [0.2, 0.25) is 0 Å². The molecule has 0 aliphatic carbocycles. The lowest BCUT2D eigenvalue weighted by molar-refractivity contribution is -0.143. The van der Waals surface area contributed by atoms with Crippen LogP contribution in [-0.4, -0.2) is 12.6 Å². The first-order valence-corrected chi connectivity index (χ1v) is 6.85. The van der Waals surface area contributed by atoms with Crippen LogP contribution in [0.15, 0.2) is 41.6 Å². The minimum absolute atomic E-state index is 0.0936. The zero-order valence-corrected chi connectivity index (χ0v) is 11.8. The van der Waals surface area contributed by atoms with Crippen molar-refractivity contribution >= 4 is 12.0 Å². The molecule has 0 atom stereocenters. The third-order valence-corrected chi connectivity index (χ3v) is 2.77. The van der Waals surface area contributed by atoms with Crippen molar-refractivity contribution in [2.45, 2.75) is 39.5 Å². The average molecular weight is 258 g/mol. The summed E-state index contributed by atoms with van der Waals surface area (Å²) < 4.78 is 4.89. The molecule has 0 fully saturated rings. The van der Waals surface area contributed by atoms with E-state index in [1.54, 1.807) is 0 Å². The van der Waals surface area contributed by atoms with Crippen molar-refractivity contribution in [2.75, 3.05) is 6.61 Å². The third kappa shape index (κ3) is 7.28. The van der Waals surface area contributed by atoms with Gasteiger partial charge >= 0.3 is 5.97 Å². The number of esters is 1. The van der Waals surface area contributed by atoms with E-state index in [1.807, 2.05) is 31.2 Å². The molecule has 0 amide bonds. The Morgan fingerprint density at radius 2 is 1.89 bits per heavy atom. The van der Waals surface area contributed by atoms with E-state index < -0.39 is 0 Å². The van der Waals surface area contributed by atoms with Gasteiger partial charge in [-0.15, -0.1) is 5.73 Å². The molecular formula is C17H22O2. The predicted molar refractivity (Wildman–Crippen MR) is 78.7 cm³/mol. The molecule has 0 saturated heterocycles. The lowest BCUT2D eigenvalue weighted by Crippen LogP contribution is -2.03. The van der Waals surface area contributed by atoms with Crippen LogP contribution in [0.4, 0.5) is 0 Å². The van der Waals surface area contributed by atoms with Crippen LogP contribution in [0.1, 0.15) is 45.1 Å². The van der Waals surface area contributed by atoms with Gasteiger partial charge in [0.05, 0.1) is 6.61 Å². The quantitative estimate of drug-likeness (QED) is 0.412.